The quantitative estimate of drug-likeness (QED) is 0.688. The summed E-state index contributed by atoms with van der Waals surface area (Å²) >= 11 is 0. The van der Waals surface area contributed by atoms with Crippen molar-refractivity contribution in [2.45, 2.75) is 38.3 Å². The number of nitrogens with zero attached hydrogens (tertiary/aromatic N) is 2. The molecule has 94 valence electrons. The Morgan fingerprint density at radius 2 is 2.12 bits per heavy atom. The summed E-state index contributed by atoms with van der Waals surface area (Å²) in [6, 6.07) is -0.882. The highest BCUT2D eigenvalue weighted by atomic mass is 19.3. The Morgan fingerprint density at radius 1 is 1.56 bits per heavy atom. The van der Waals surface area contributed by atoms with Crippen molar-refractivity contribution < 1.29 is 18.4 Å². The number of carbonyl (C=O) groups excluding carboxylic acids is 1. The normalized spacial score (nSPS) is 25.1. The molecule has 1 aliphatic rings. The third kappa shape index (κ3) is 2.68. The van der Waals surface area contributed by atoms with E-state index < -0.39 is 24.3 Å². The van der Waals surface area contributed by atoms with Crippen molar-refractivity contribution in [1.29, 1.82) is 0 Å². The van der Waals surface area contributed by atoms with Gasteiger partial charge in [0.1, 0.15) is 0 Å². The number of hydroxylamine groups is 2. The average molecular weight is 236 g/mol. The Hall–Kier alpha value is -0.750. The van der Waals surface area contributed by atoms with Crippen molar-refractivity contribution in [3.63, 3.8) is 0 Å². The van der Waals surface area contributed by atoms with Crippen LogP contribution in [-0.2, 0) is 9.63 Å². The topological polar surface area (TPSA) is 32.8 Å². The first kappa shape index (κ1) is 13.3. The van der Waals surface area contributed by atoms with Crippen LogP contribution in [0.25, 0.3) is 0 Å². The molecule has 0 aromatic rings. The van der Waals surface area contributed by atoms with Crippen LogP contribution in [0.1, 0.15) is 20.3 Å². The number of alkyl halides is 2. The van der Waals surface area contributed by atoms with E-state index in [-0.39, 0.29) is 12.6 Å². The van der Waals surface area contributed by atoms with Crippen LogP contribution in [-0.4, -0.2) is 54.6 Å². The first-order valence-electron chi connectivity index (χ1n) is 5.24. The van der Waals surface area contributed by atoms with Gasteiger partial charge in [-0.05, 0) is 13.8 Å². The van der Waals surface area contributed by atoms with E-state index in [1.807, 2.05) is 0 Å². The standard InChI is InChI=1S/C10H18F2N2O2/c1-7(2)14-6-10(11,12)5-8(14)9(15)13(3)16-4/h7-8H,5-6H2,1-4H3/t8-/m0/s1. The Balaban J connectivity index is 2.81. The Labute approximate surface area is 94.1 Å². The van der Waals surface area contributed by atoms with Crippen LogP contribution in [0.3, 0.4) is 0 Å². The van der Waals surface area contributed by atoms with Gasteiger partial charge in [-0.2, -0.15) is 0 Å². The molecule has 1 rings (SSSR count). The van der Waals surface area contributed by atoms with Crippen LogP contribution >= 0.6 is 0 Å². The van der Waals surface area contributed by atoms with Gasteiger partial charge in [0.25, 0.3) is 11.8 Å². The maximum Gasteiger partial charge on any atom is 0.263 e. The van der Waals surface area contributed by atoms with E-state index in [1.165, 1.54) is 19.1 Å². The Kier molecular flexibility index (Phi) is 3.85. The summed E-state index contributed by atoms with van der Waals surface area (Å²) < 4.78 is 26.6. The number of hydrogen-bond donors (Lipinski definition) is 0. The lowest BCUT2D eigenvalue weighted by Gasteiger charge is -2.28. The number of likely N-dealkylation sites (tertiary alicyclic amines) is 1. The third-order valence-electron chi connectivity index (χ3n) is 2.84. The fraction of sp³-hybridized carbons (Fsp3) is 0.900. The molecule has 16 heavy (non-hydrogen) atoms. The molecular weight excluding hydrogens is 218 g/mol. The summed E-state index contributed by atoms with van der Waals surface area (Å²) in [4.78, 5) is 18.0. The molecule has 1 atom stereocenters. The maximum atomic E-state index is 13.3. The van der Waals surface area contributed by atoms with Gasteiger partial charge in [-0.3, -0.25) is 14.5 Å². The number of amides is 1. The van der Waals surface area contributed by atoms with Crippen LogP contribution in [0, 0.1) is 0 Å². The van der Waals surface area contributed by atoms with Crippen LogP contribution in [0.2, 0.25) is 0 Å². The second-order valence-corrected chi connectivity index (χ2v) is 4.36. The number of halogens is 2. The molecule has 1 saturated heterocycles. The average Bonchev–Trinajstić information content (AvgIpc) is 2.52. The second kappa shape index (κ2) is 4.63. The summed E-state index contributed by atoms with van der Waals surface area (Å²) in [7, 11) is 2.77. The third-order valence-corrected chi connectivity index (χ3v) is 2.84. The van der Waals surface area contributed by atoms with Crippen LogP contribution in [0.15, 0.2) is 0 Å². The summed E-state index contributed by atoms with van der Waals surface area (Å²) in [5, 5.41) is 1.00. The van der Waals surface area contributed by atoms with Crippen LogP contribution in [0.4, 0.5) is 8.78 Å². The molecule has 6 heteroatoms. The van der Waals surface area contributed by atoms with E-state index in [4.69, 9.17) is 4.84 Å². The van der Waals surface area contributed by atoms with Crippen LogP contribution in [0.5, 0.6) is 0 Å². The molecule has 0 aromatic carbocycles. The van der Waals surface area contributed by atoms with Gasteiger partial charge in [-0.15, -0.1) is 0 Å². The van der Waals surface area contributed by atoms with Gasteiger partial charge in [0.15, 0.2) is 0 Å². The number of carbonyl (C=O) groups is 1. The minimum absolute atomic E-state index is 0.0902. The van der Waals surface area contributed by atoms with E-state index in [1.54, 1.807) is 13.8 Å². The molecule has 0 aliphatic carbocycles. The smallest absolute Gasteiger partial charge is 0.263 e. The van der Waals surface area contributed by atoms with Gasteiger partial charge in [-0.1, -0.05) is 0 Å². The highest BCUT2D eigenvalue weighted by Crippen LogP contribution is 2.34. The largest absolute Gasteiger partial charge is 0.283 e. The SMILES string of the molecule is CON(C)C(=O)[C@@H]1CC(F)(F)CN1C(C)C. The highest BCUT2D eigenvalue weighted by molar-refractivity contribution is 5.81. The molecule has 1 amide bonds. The molecule has 0 spiro atoms. The predicted molar refractivity (Wildman–Crippen MR) is 55.0 cm³/mol. The van der Waals surface area contributed by atoms with Crippen molar-refractivity contribution >= 4 is 5.91 Å². The highest BCUT2D eigenvalue weighted by Gasteiger charge is 2.49. The van der Waals surface area contributed by atoms with Gasteiger partial charge < -0.3 is 0 Å². The summed E-state index contributed by atoms with van der Waals surface area (Å²) in [6.07, 6.45) is -0.433. The minimum Gasteiger partial charge on any atom is -0.283 e. The molecule has 0 aromatic heterocycles. The predicted octanol–water partition coefficient (Wildman–Crippen LogP) is 1.12. The van der Waals surface area contributed by atoms with E-state index >= 15 is 0 Å². The zero-order valence-electron chi connectivity index (χ0n) is 10.0. The minimum atomic E-state index is -2.79. The monoisotopic (exact) mass is 236 g/mol. The first-order valence-corrected chi connectivity index (χ1v) is 5.24. The molecule has 0 unspecified atom stereocenters. The molecule has 1 aliphatic heterocycles. The van der Waals surface area contributed by atoms with Crippen molar-refractivity contribution in [2.24, 2.45) is 0 Å². The fourth-order valence-electron chi connectivity index (χ4n) is 1.91. The summed E-state index contributed by atoms with van der Waals surface area (Å²) in [5.41, 5.74) is 0. The molecule has 0 saturated carbocycles. The lowest BCUT2D eigenvalue weighted by atomic mass is 10.1. The molecule has 0 bridgehead atoms. The second-order valence-electron chi connectivity index (χ2n) is 4.36. The molecule has 0 radical (unpaired) electrons. The molecule has 1 heterocycles. The van der Waals surface area contributed by atoms with Crippen molar-refractivity contribution in [3.8, 4) is 0 Å². The van der Waals surface area contributed by atoms with Gasteiger partial charge in [0.05, 0.1) is 19.7 Å². The Bertz CT molecular complexity index is 272. The molecule has 0 N–H and O–H groups in total. The zero-order valence-corrected chi connectivity index (χ0v) is 10.0. The van der Waals surface area contributed by atoms with E-state index in [2.05, 4.69) is 0 Å². The first-order chi connectivity index (χ1) is 7.28. The van der Waals surface area contributed by atoms with E-state index in [0.717, 1.165) is 5.06 Å². The van der Waals surface area contributed by atoms with Crippen molar-refractivity contribution in [3.05, 3.63) is 0 Å². The van der Waals surface area contributed by atoms with E-state index in [0.29, 0.717) is 0 Å². The number of hydrogen-bond acceptors (Lipinski definition) is 3. The molecule has 1 fully saturated rings. The van der Waals surface area contributed by atoms with Gasteiger partial charge in [0.2, 0.25) is 0 Å². The molecular formula is C10H18F2N2O2. The summed E-state index contributed by atoms with van der Waals surface area (Å²) in [6.45, 7) is 3.24. The van der Waals surface area contributed by atoms with Gasteiger partial charge in [0, 0.05) is 19.5 Å². The van der Waals surface area contributed by atoms with Crippen molar-refractivity contribution in [2.75, 3.05) is 20.7 Å². The number of rotatable bonds is 3. The molecule has 4 nitrogen and oxygen atoms in total. The Morgan fingerprint density at radius 3 is 2.56 bits per heavy atom. The van der Waals surface area contributed by atoms with Crippen molar-refractivity contribution in [1.82, 2.24) is 9.96 Å². The van der Waals surface area contributed by atoms with Gasteiger partial charge >= 0.3 is 0 Å². The lowest BCUT2D eigenvalue weighted by molar-refractivity contribution is -0.174. The van der Waals surface area contributed by atoms with Crippen LogP contribution < -0.4 is 0 Å². The lowest BCUT2D eigenvalue weighted by Crippen LogP contribution is -2.46. The number of likely N-dealkylation sites (N-methyl/N-ethyl adjacent to an activating group) is 1. The maximum absolute atomic E-state index is 13.3. The zero-order chi connectivity index (χ0) is 12.5. The van der Waals surface area contributed by atoms with Gasteiger partial charge in [-0.25, -0.2) is 13.8 Å². The van der Waals surface area contributed by atoms with E-state index in [9.17, 15) is 13.6 Å². The summed E-state index contributed by atoms with van der Waals surface area (Å²) in [5.74, 6) is -3.22. The fourth-order valence-corrected chi connectivity index (χ4v) is 1.91.